The van der Waals surface area contributed by atoms with Crippen molar-refractivity contribution in [3.05, 3.63) is 175 Å². The maximum Gasteiger partial charge on any atom is 0.333 e. The number of furan rings is 1. The molecule has 0 fully saturated rings. The fourth-order valence-electron chi connectivity index (χ4n) is 9.81. The minimum absolute atomic E-state index is 0.0926. The van der Waals surface area contributed by atoms with Gasteiger partial charge in [0.15, 0.2) is 0 Å². The number of benzene rings is 8. The predicted molar refractivity (Wildman–Crippen MR) is 223 cm³/mol. The molecule has 4 heteroatoms. The normalized spacial score (nSPS) is 14.6. The molecule has 248 valence electrons. The number of fused-ring (bicyclic) bond motifs is 10. The van der Waals surface area contributed by atoms with E-state index in [1.165, 1.54) is 77.8 Å². The van der Waals surface area contributed by atoms with Gasteiger partial charge in [0.25, 0.3) is 0 Å². The lowest BCUT2D eigenvalue weighted by Crippen LogP contribution is -2.62. The van der Waals surface area contributed by atoms with Gasteiger partial charge in [0.1, 0.15) is 11.2 Å². The van der Waals surface area contributed by atoms with E-state index in [4.69, 9.17) is 4.42 Å². The largest absolute Gasteiger partial charge is 0.456 e. The Kier molecular flexibility index (Phi) is 5.66. The van der Waals surface area contributed by atoms with Crippen molar-refractivity contribution in [2.75, 3.05) is 9.71 Å². The van der Waals surface area contributed by atoms with Crippen molar-refractivity contribution >= 4 is 78.9 Å². The molecular weight excluding hydrogens is 643 g/mol. The third-order valence-corrected chi connectivity index (χ3v) is 12.2. The summed E-state index contributed by atoms with van der Waals surface area (Å²) in [5.41, 5.74) is 18.1. The highest BCUT2D eigenvalue weighted by molar-refractivity contribution is 6.94. The van der Waals surface area contributed by atoms with Gasteiger partial charge in [-0.05, 0) is 98.0 Å². The third-order valence-electron chi connectivity index (χ3n) is 12.2. The summed E-state index contributed by atoms with van der Waals surface area (Å²) >= 11 is 0. The summed E-state index contributed by atoms with van der Waals surface area (Å²) < 4.78 is 6.55. The molecule has 0 aliphatic carbocycles. The van der Waals surface area contributed by atoms with Gasteiger partial charge in [-0.2, -0.15) is 0 Å². The zero-order chi connectivity index (χ0) is 35.0. The van der Waals surface area contributed by atoms with E-state index < -0.39 is 0 Å². The van der Waals surface area contributed by atoms with Crippen LogP contribution in [0.4, 0.5) is 28.4 Å². The van der Waals surface area contributed by atoms with Gasteiger partial charge < -0.3 is 14.1 Å². The van der Waals surface area contributed by atoms with E-state index in [2.05, 4.69) is 187 Å². The number of nitrogens with zero attached hydrogens (tertiary/aromatic N) is 2. The summed E-state index contributed by atoms with van der Waals surface area (Å²) in [5, 5.41) is 4.74. The van der Waals surface area contributed by atoms with E-state index in [-0.39, 0.29) is 12.3 Å². The van der Waals surface area contributed by atoms with Crippen LogP contribution in [0.5, 0.6) is 0 Å². The number of hydrogen-bond acceptors (Lipinski definition) is 3. The van der Waals surface area contributed by atoms with Crippen molar-refractivity contribution < 1.29 is 4.42 Å². The zero-order valence-electron chi connectivity index (χ0n) is 29.5. The third kappa shape index (κ3) is 3.80. The summed E-state index contributed by atoms with van der Waals surface area (Å²) in [7, 11) is 0. The minimum atomic E-state index is -0.190. The highest BCUT2D eigenvalue weighted by atomic mass is 16.3. The highest BCUT2D eigenvalue weighted by Gasteiger charge is 2.49. The van der Waals surface area contributed by atoms with Gasteiger partial charge in [-0.3, -0.25) is 0 Å². The molecule has 3 aliphatic heterocycles. The van der Waals surface area contributed by atoms with E-state index in [0.717, 1.165) is 27.6 Å². The second-order valence-electron chi connectivity index (χ2n) is 15.3. The molecule has 0 unspecified atom stereocenters. The Bertz CT molecular complexity index is 3010. The van der Waals surface area contributed by atoms with E-state index in [0.29, 0.717) is 0 Å². The first kappa shape index (κ1) is 29.1. The molecule has 0 atom stereocenters. The molecule has 0 N–H and O–H groups in total. The number of para-hydroxylation sites is 3. The fraction of sp³-hybridized carbons (Fsp3) is 0.0612. The van der Waals surface area contributed by atoms with Crippen molar-refractivity contribution in [3.8, 4) is 22.3 Å². The molecule has 8 aromatic carbocycles. The SMILES string of the molecule is CC1(C)c2ccccc2N2c3cc(-c4ccccc4)cc4c3B(c3cccc1c32)N(c1cccc2oc3ccccc3c12)c1cc2ccccc2cc1-4. The van der Waals surface area contributed by atoms with Gasteiger partial charge in [0, 0.05) is 39.1 Å². The molecule has 3 nitrogen and oxygen atoms in total. The summed E-state index contributed by atoms with van der Waals surface area (Å²) in [4.78, 5) is 5.23. The van der Waals surface area contributed by atoms with Crippen molar-refractivity contribution in [1.29, 1.82) is 0 Å². The first-order valence-electron chi connectivity index (χ1n) is 18.6. The second kappa shape index (κ2) is 10.3. The molecule has 0 saturated heterocycles. The first-order chi connectivity index (χ1) is 26.1. The number of rotatable bonds is 2. The van der Waals surface area contributed by atoms with Gasteiger partial charge in [0.05, 0.1) is 11.1 Å². The van der Waals surface area contributed by atoms with Crippen LogP contribution in [0.25, 0.3) is 55.0 Å². The molecule has 3 aliphatic rings. The lowest BCUT2D eigenvalue weighted by atomic mass is 9.42. The molecule has 0 bridgehead atoms. The van der Waals surface area contributed by atoms with Gasteiger partial charge in [0.2, 0.25) is 0 Å². The van der Waals surface area contributed by atoms with Crippen LogP contribution in [0, 0.1) is 0 Å². The monoisotopic (exact) mass is 676 g/mol. The lowest BCUT2D eigenvalue weighted by Gasteiger charge is -2.50. The van der Waals surface area contributed by atoms with E-state index in [9.17, 15) is 0 Å². The van der Waals surface area contributed by atoms with Gasteiger partial charge in [-0.25, -0.2) is 0 Å². The molecule has 0 radical (unpaired) electrons. The average Bonchev–Trinajstić information content (AvgIpc) is 3.59. The quantitative estimate of drug-likeness (QED) is 0.170. The Morgan fingerprint density at radius 3 is 2.09 bits per heavy atom. The Labute approximate surface area is 308 Å². The fourth-order valence-corrected chi connectivity index (χ4v) is 9.81. The summed E-state index contributed by atoms with van der Waals surface area (Å²) in [6.45, 7) is 4.68. The van der Waals surface area contributed by atoms with Gasteiger partial charge >= 0.3 is 6.85 Å². The van der Waals surface area contributed by atoms with Gasteiger partial charge in [-0.15, -0.1) is 0 Å². The Balaban J connectivity index is 1.28. The topological polar surface area (TPSA) is 19.6 Å². The lowest BCUT2D eigenvalue weighted by molar-refractivity contribution is 0.632. The van der Waals surface area contributed by atoms with Crippen LogP contribution in [-0.2, 0) is 5.41 Å². The second-order valence-corrected chi connectivity index (χ2v) is 15.3. The van der Waals surface area contributed by atoms with Crippen molar-refractivity contribution in [2.24, 2.45) is 0 Å². The van der Waals surface area contributed by atoms with Crippen molar-refractivity contribution in [3.63, 3.8) is 0 Å². The van der Waals surface area contributed by atoms with Crippen LogP contribution in [0.1, 0.15) is 25.0 Å². The summed E-state index contributed by atoms with van der Waals surface area (Å²) in [5.74, 6) is 0. The molecule has 53 heavy (non-hydrogen) atoms. The maximum atomic E-state index is 6.55. The zero-order valence-corrected chi connectivity index (χ0v) is 29.5. The molecule has 4 heterocycles. The Morgan fingerprint density at radius 1 is 0.509 bits per heavy atom. The molecule has 9 aromatic rings. The Morgan fingerprint density at radius 2 is 1.21 bits per heavy atom. The van der Waals surface area contributed by atoms with Crippen LogP contribution in [-0.4, -0.2) is 6.85 Å². The van der Waals surface area contributed by atoms with Gasteiger partial charge in [-0.1, -0.05) is 129 Å². The van der Waals surface area contributed by atoms with Crippen molar-refractivity contribution in [1.82, 2.24) is 0 Å². The number of anilines is 5. The van der Waals surface area contributed by atoms with Crippen LogP contribution < -0.4 is 20.6 Å². The van der Waals surface area contributed by atoms with E-state index in [1.54, 1.807) is 0 Å². The first-order valence-corrected chi connectivity index (χ1v) is 18.6. The van der Waals surface area contributed by atoms with Crippen LogP contribution in [0.2, 0.25) is 0 Å². The molecule has 12 rings (SSSR count). The van der Waals surface area contributed by atoms with Crippen LogP contribution in [0.15, 0.2) is 168 Å². The molecule has 0 amide bonds. The van der Waals surface area contributed by atoms with E-state index in [1.807, 2.05) is 0 Å². The summed E-state index contributed by atoms with van der Waals surface area (Å²) in [6.07, 6.45) is 0. The highest BCUT2D eigenvalue weighted by Crippen LogP contribution is 2.56. The molecule has 0 spiro atoms. The molecular formula is C49H33BN2O. The molecule has 0 saturated carbocycles. The van der Waals surface area contributed by atoms with E-state index >= 15 is 0 Å². The van der Waals surface area contributed by atoms with Crippen molar-refractivity contribution in [2.45, 2.75) is 19.3 Å². The number of hydrogen-bond donors (Lipinski definition) is 0. The predicted octanol–water partition coefficient (Wildman–Crippen LogP) is 11.8. The summed E-state index contributed by atoms with van der Waals surface area (Å²) in [6, 6.07) is 60.5. The molecule has 1 aromatic heterocycles. The average molecular weight is 677 g/mol. The minimum Gasteiger partial charge on any atom is -0.456 e. The Hall–Kier alpha value is -6.52. The van der Waals surface area contributed by atoms with Crippen LogP contribution >= 0.6 is 0 Å². The van der Waals surface area contributed by atoms with Crippen LogP contribution in [0.3, 0.4) is 0 Å². The smallest absolute Gasteiger partial charge is 0.333 e. The maximum absolute atomic E-state index is 6.55. The standard InChI is InChI=1S/C49H33BN2O/c1-49(2)37-19-9-10-22-40(37)51-43-29-33(30-14-4-3-5-15-30)27-36-35-26-31-16-6-7-17-32(31)28-42(35)52(50(47(36)43)39-21-12-20-38(49)48(39)51)41-23-13-25-45-46(41)34-18-8-11-24-44(34)53-45/h3-29H,1-2H3.